The molecule has 0 saturated carbocycles. The fraction of sp³-hybridized carbons (Fsp3) is 0.409. The van der Waals surface area contributed by atoms with Gasteiger partial charge in [0.15, 0.2) is 0 Å². The van der Waals surface area contributed by atoms with Crippen LogP contribution in [0.2, 0.25) is 0 Å². The van der Waals surface area contributed by atoms with Gasteiger partial charge in [-0.25, -0.2) is 8.42 Å². The number of carbonyl (C=O) groups is 1. The summed E-state index contributed by atoms with van der Waals surface area (Å²) < 4.78 is 32.8. The van der Waals surface area contributed by atoms with E-state index in [1.54, 1.807) is 37.3 Å². The fourth-order valence-electron chi connectivity index (χ4n) is 3.62. The lowest BCUT2D eigenvalue weighted by atomic mass is 10.1. The molecule has 1 aliphatic heterocycles. The molecule has 1 heterocycles. The van der Waals surface area contributed by atoms with E-state index in [9.17, 15) is 13.2 Å². The average Bonchev–Trinajstić information content (AvgIpc) is 2.74. The lowest BCUT2D eigenvalue weighted by molar-refractivity contribution is 0.0784. The largest absolute Gasteiger partial charge is 0.496 e. The van der Waals surface area contributed by atoms with Crippen molar-refractivity contribution in [2.75, 3.05) is 27.2 Å². The molecular formula is C22H28N2O4S. The van der Waals surface area contributed by atoms with Crippen LogP contribution in [0.5, 0.6) is 5.75 Å². The maximum Gasteiger partial charge on any atom is 0.253 e. The van der Waals surface area contributed by atoms with E-state index < -0.39 is 10.0 Å². The van der Waals surface area contributed by atoms with Crippen molar-refractivity contribution in [2.24, 2.45) is 0 Å². The van der Waals surface area contributed by atoms with E-state index in [1.165, 1.54) is 10.4 Å². The molecule has 0 spiro atoms. The highest BCUT2D eigenvalue weighted by Gasteiger charge is 2.27. The lowest BCUT2D eigenvalue weighted by Gasteiger charge is -2.26. The van der Waals surface area contributed by atoms with E-state index in [-0.39, 0.29) is 10.8 Å². The van der Waals surface area contributed by atoms with Crippen molar-refractivity contribution in [1.29, 1.82) is 0 Å². The summed E-state index contributed by atoms with van der Waals surface area (Å²) in [6.07, 6.45) is 2.80. The monoisotopic (exact) mass is 416 g/mol. The molecule has 0 unspecified atom stereocenters. The second-order valence-corrected chi connectivity index (χ2v) is 9.41. The minimum Gasteiger partial charge on any atom is -0.496 e. The molecule has 1 fully saturated rings. The first kappa shape index (κ1) is 21.3. The molecule has 0 aliphatic carbocycles. The van der Waals surface area contributed by atoms with Crippen LogP contribution in [0.25, 0.3) is 0 Å². The van der Waals surface area contributed by atoms with Crippen LogP contribution in [-0.2, 0) is 16.6 Å². The molecule has 2 aromatic carbocycles. The maximum absolute atomic E-state index is 13.0. The highest BCUT2D eigenvalue weighted by atomic mass is 32.2. The minimum absolute atomic E-state index is 0.173. The van der Waals surface area contributed by atoms with Crippen LogP contribution in [0, 0.1) is 6.92 Å². The van der Waals surface area contributed by atoms with Gasteiger partial charge < -0.3 is 9.64 Å². The first-order valence-corrected chi connectivity index (χ1v) is 11.3. The van der Waals surface area contributed by atoms with Gasteiger partial charge in [0.05, 0.1) is 12.0 Å². The highest BCUT2D eigenvalue weighted by molar-refractivity contribution is 7.89. The molecule has 1 amide bonds. The van der Waals surface area contributed by atoms with Crippen LogP contribution in [0.1, 0.15) is 40.7 Å². The molecule has 0 bridgehead atoms. The fourth-order valence-corrected chi connectivity index (χ4v) is 5.19. The first-order valence-electron chi connectivity index (χ1n) is 9.82. The Bertz CT molecular complexity index is 982. The highest BCUT2D eigenvalue weighted by Crippen LogP contribution is 2.24. The number of piperidine rings is 1. The number of amides is 1. The molecule has 6 nitrogen and oxygen atoms in total. The van der Waals surface area contributed by atoms with E-state index in [4.69, 9.17) is 4.74 Å². The van der Waals surface area contributed by atoms with Crippen LogP contribution in [0.4, 0.5) is 0 Å². The minimum atomic E-state index is -3.58. The third-order valence-corrected chi connectivity index (χ3v) is 7.12. The van der Waals surface area contributed by atoms with Crippen molar-refractivity contribution in [3.63, 3.8) is 0 Å². The Morgan fingerprint density at radius 3 is 2.52 bits per heavy atom. The summed E-state index contributed by atoms with van der Waals surface area (Å²) >= 11 is 0. The van der Waals surface area contributed by atoms with Crippen LogP contribution in [0.3, 0.4) is 0 Å². The summed E-state index contributed by atoms with van der Waals surface area (Å²) in [7, 11) is -0.270. The molecule has 156 valence electrons. The van der Waals surface area contributed by atoms with Gasteiger partial charge in [-0.05, 0) is 44.0 Å². The van der Waals surface area contributed by atoms with Crippen molar-refractivity contribution in [3.05, 3.63) is 59.2 Å². The number of methoxy groups -OCH3 is 1. The number of sulfonamides is 1. The second-order valence-electron chi connectivity index (χ2n) is 7.47. The van der Waals surface area contributed by atoms with Crippen LogP contribution in [-0.4, -0.2) is 50.8 Å². The van der Waals surface area contributed by atoms with E-state index in [0.717, 1.165) is 36.1 Å². The molecule has 0 aromatic heterocycles. The summed E-state index contributed by atoms with van der Waals surface area (Å²) in [6.45, 7) is 3.42. The van der Waals surface area contributed by atoms with Crippen molar-refractivity contribution in [3.8, 4) is 5.75 Å². The SMILES string of the molecule is COc1ccc(C)cc1CN(C)C(=O)c1cccc(S(=O)(=O)N2CCCCC2)c1. The summed E-state index contributed by atoms with van der Waals surface area (Å²) in [5.74, 6) is 0.487. The average molecular weight is 417 g/mol. The number of hydrogen-bond donors (Lipinski definition) is 0. The van der Waals surface area contributed by atoms with Gasteiger partial charge in [0.2, 0.25) is 10.0 Å². The number of rotatable bonds is 6. The molecule has 0 N–H and O–H groups in total. The third kappa shape index (κ3) is 4.79. The number of aryl methyl sites for hydroxylation is 1. The van der Waals surface area contributed by atoms with Gasteiger partial charge in [0.1, 0.15) is 5.75 Å². The Hall–Kier alpha value is -2.38. The Labute approximate surface area is 173 Å². The number of carbonyl (C=O) groups excluding carboxylic acids is 1. The van der Waals surface area contributed by atoms with Crippen molar-refractivity contribution in [1.82, 2.24) is 9.21 Å². The normalized spacial score (nSPS) is 15.1. The van der Waals surface area contributed by atoms with Gasteiger partial charge >= 0.3 is 0 Å². The van der Waals surface area contributed by atoms with Gasteiger partial charge in [-0.2, -0.15) is 4.31 Å². The number of nitrogens with zero attached hydrogens (tertiary/aromatic N) is 2. The molecule has 1 aliphatic rings. The van der Waals surface area contributed by atoms with Crippen LogP contribution < -0.4 is 4.74 Å². The smallest absolute Gasteiger partial charge is 0.253 e. The second kappa shape index (κ2) is 8.97. The number of hydrogen-bond acceptors (Lipinski definition) is 4. The topological polar surface area (TPSA) is 66.9 Å². The summed E-state index contributed by atoms with van der Waals surface area (Å²) in [5, 5.41) is 0. The van der Waals surface area contributed by atoms with Crippen LogP contribution in [0.15, 0.2) is 47.4 Å². The first-order chi connectivity index (χ1) is 13.8. The molecule has 0 atom stereocenters. The zero-order chi connectivity index (χ0) is 21.0. The maximum atomic E-state index is 13.0. The lowest BCUT2D eigenvalue weighted by Crippen LogP contribution is -2.35. The van der Waals surface area contributed by atoms with Gasteiger partial charge in [0.25, 0.3) is 5.91 Å². The third-order valence-electron chi connectivity index (χ3n) is 5.22. The van der Waals surface area contributed by atoms with Gasteiger partial charge in [-0.3, -0.25) is 4.79 Å². The standard InChI is InChI=1S/C22H28N2O4S/c1-17-10-11-21(28-3)19(14-17)16-23(2)22(25)18-8-7-9-20(15-18)29(26,27)24-12-5-4-6-13-24/h7-11,14-15H,4-6,12-13,16H2,1-3H3. The Morgan fingerprint density at radius 2 is 1.83 bits per heavy atom. The number of benzene rings is 2. The van der Waals surface area contributed by atoms with Gasteiger partial charge in [-0.15, -0.1) is 0 Å². The molecule has 0 radical (unpaired) electrons. The van der Waals surface area contributed by atoms with Crippen molar-refractivity contribution >= 4 is 15.9 Å². The molecule has 1 saturated heterocycles. The van der Waals surface area contributed by atoms with E-state index in [0.29, 0.717) is 25.2 Å². The van der Waals surface area contributed by atoms with Crippen molar-refractivity contribution < 1.29 is 17.9 Å². The summed E-state index contributed by atoms with van der Waals surface area (Å²) in [6, 6.07) is 12.2. The Balaban J connectivity index is 1.81. The predicted octanol–water partition coefficient (Wildman–Crippen LogP) is 3.45. The van der Waals surface area contributed by atoms with E-state index in [2.05, 4.69) is 0 Å². The number of ether oxygens (including phenoxy) is 1. The van der Waals surface area contributed by atoms with Crippen LogP contribution >= 0.6 is 0 Å². The Kier molecular flexibility index (Phi) is 6.59. The quantitative estimate of drug-likeness (QED) is 0.723. The van der Waals surface area contributed by atoms with E-state index >= 15 is 0 Å². The molecular weight excluding hydrogens is 388 g/mol. The molecule has 7 heteroatoms. The van der Waals surface area contributed by atoms with Gasteiger partial charge in [0, 0.05) is 37.8 Å². The van der Waals surface area contributed by atoms with E-state index in [1.807, 2.05) is 25.1 Å². The molecule has 3 rings (SSSR count). The van der Waals surface area contributed by atoms with Crippen molar-refractivity contribution in [2.45, 2.75) is 37.6 Å². The van der Waals surface area contributed by atoms with Gasteiger partial charge in [-0.1, -0.05) is 30.2 Å². The zero-order valence-electron chi connectivity index (χ0n) is 17.2. The summed E-state index contributed by atoms with van der Waals surface area (Å²) in [5.41, 5.74) is 2.34. The predicted molar refractivity (Wildman–Crippen MR) is 113 cm³/mol. The Morgan fingerprint density at radius 1 is 1.10 bits per heavy atom. The molecule has 29 heavy (non-hydrogen) atoms. The summed E-state index contributed by atoms with van der Waals surface area (Å²) in [4.78, 5) is 14.7. The zero-order valence-corrected chi connectivity index (χ0v) is 18.0. The molecule has 2 aromatic rings.